The largest absolute Gasteiger partial charge is 0.493 e. The van der Waals surface area contributed by atoms with Crippen molar-refractivity contribution in [3.8, 4) is 5.75 Å². The second-order valence-electron chi connectivity index (χ2n) is 6.61. The van der Waals surface area contributed by atoms with Gasteiger partial charge in [-0.3, -0.25) is 0 Å². The lowest BCUT2D eigenvalue weighted by molar-refractivity contribution is 0.107. The highest BCUT2D eigenvalue weighted by atomic mass is 32.2. The second-order valence-corrected chi connectivity index (χ2v) is 8.38. The number of rotatable bonds is 9. The Balaban J connectivity index is 2.04. The van der Waals surface area contributed by atoms with Gasteiger partial charge in [-0.1, -0.05) is 38.1 Å². The van der Waals surface area contributed by atoms with Gasteiger partial charge in [-0.15, -0.1) is 0 Å². The number of hydrogen-bond acceptors (Lipinski definition) is 4. The predicted octanol–water partition coefficient (Wildman–Crippen LogP) is 3.70. The van der Waals surface area contributed by atoms with Crippen LogP contribution in [0.5, 0.6) is 5.75 Å². The van der Waals surface area contributed by atoms with Gasteiger partial charge in [-0.25, -0.2) is 13.1 Å². The number of aryl methyl sites for hydroxylation is 1. The highest BCUT2D eigenvalue weighted by Crippen LogP contribution is 2.21. The third-order valence-electron chi connectivity index (χ3n) is 4.00. The van der Waals surface area contributed by atoms with E-state index in [0.29, 0.717) is 18.3 Å². The Hall–Kier alpha value is -1.89. The average molecular weight is 378 g/mol. The molecule has 0 bridgehead atoms. The minimum Gasteiger partial charge on any atom is -0.493 e. The molecule has 6 heteroatoms. The van der Waals surface area contributed by atoms with Gasteiger partial charge in [-0.2, -0.15) is 0 Å². The Morgan fingerprint density at radius 1 is 1.04 bits per heavy atom. The molecular weight excluding hydrogens is 350 g/mol. The summed E-state index contributed by atoms with van der Waals surface area (Å²) in [5.74, 6) is 1.07. The number of benzene rings is 2. The van der Waals surface area contributed by atoms with Gasteiger partial charge in [0.25, 0.3) is 0 Å². The quantitative estimate of drug-likeness (QED) is 0.724. The van der Waals surface area contributed by atoms with E-state index in [1.165, 1.54) is 0 Å². The molecule has 0 aliphatic heterocycles. The van der Waals surface area contributed by atoms with E-state index in [4.69, 9.17) is 9.47 Å². The van der Waals surface area contributed by atoms with Crippen LogP contribution in [0.4, 0.5) is 0 Å². The molecule has 0 saturated heterocycles. The topological polar surface area (TPSA) is 64.6 Å². The van der Waals surface area contributed by atoms with E-state index in [1.54, 1.807) is 31.4 Å². The molecule has 0 aliphatic rings. The summed E-state index contributed by atoms with van der Waals surface area (Å²) in [5, 5.41) is 0. The monoisotopic (exact) mass is 377 g/mol. The molecule has 1 atom stereocenters. The van der Waals surface area contributed by atoms with Crippen LogP contribution >= 0.6 is 0 Å². The van der Waals surface area contributed by atoms with Crippen molar-refractivity contribution in [2.24, 2.45) is 5.92 Å². The van der Waals surface area contributed by atoms with Gasteiger partial charge in [0.05, 0.1) is 17.6 Å². The zero-order valence-electron chi connectivity index (χ0n) is 15.7. The predicted molar refractivity (Wildman–Crippen MR) is 103 cm³/mol. The molecule has 0 spiro atoms. The molecule has 0 heterocycles. The third-order valence-corrected chi connectivity index (χ3v) is 5.44. The Morgan fingerprint density at radius 3 is 2.27 bits per heavy atom. The molecule has 2 aromatic rings. The van der Waals surface area contributed by atoms with E-state index < -0.39 is 10.0 Å². The van der Waals surface area contributed by atoms with Gasteiger partial charge in [0.15, 0.2) is 0 Å². The smallest absolute Gasteiger partial charge is 0.240 e. The van der Waals surface area contributed by atoms with Crippen LogP contribution in [0.25, 0.3) is 0 Å². The van der Waals surface area contributed by atoms with Crippen molar-refractivity contribution < 1.29 is 17.9 Å². The summed E-state index contributed by atoms with van der Waals surface area (Å²) in [7, 11) is -2.04. The van der Waals surface area contributed by atoms with Crippen molar-refractivity contribution in [3.63, 3.8) is 0 Å². The molecule has 26 heavy (non-hydrogen) atoms. The zero-order valence-corrected chi connectivity index (χ0v) is 16.5. The first-order valence-electron chi connectivity index (χ1n) is 8.64. The second kappa shape index (κ2) is 9.16. The first-order chi connectivity index (χ1) is 12.3. The van der Waals surface area contributed by atoms with Gasteiger partial charge in [0.1, 0.15) is 5.75 Å². The summed E-state index contributed by atoms with van der Waals surface area (Å²) in [6.07, 6.45) is -0.348. The van der Waals surface area contributed by atoms with Crippen molar-refractivity contribution in [3.05, 3.63) is 59.7 Å². The molecule has 2 rings (SSSR count). The minimum absolute atomic E-state index is 0.162. The average Bonchev–Trinajstić information content (AvgIpc) is 2.62. The maximum atomic E-state index is 12.5. The molecule has 142 valence electrons. The van der Waals surface area contributed by atoms with Crippen LogP contribution in [0.3, 0.4) is 0 Å². The fraction of sp³-hybridized carbons (Fsp3) is 0.400. The van der Waals surface area contributed by atoms with E-state index in [2.05, 4.69) is 18.6 Å². The van der Waals surface area contributed by atoms with E-state index in [9.17, 15) is 8.42 Å². The Morgan fingerprint density at radius 2 is 1.69 bits per heavy atom. The first kappa shape index (κ1) is 20.4. The van der Waals surface area contributed by atoms with Crippen molar-refractivity contribution >= 4 is 10.0 Å². The Kier molecular flexibility index (Phi) is 7.20. The van der Waals surface area contributed by atoms with Crippen LogP contribution in [-0.4, -0.2) is 28.7 Å². The Labute approximate surface area is 156 Å². The number of nitrogens with one attached hydrogen (secondary N) is 1. The maximum Gasteiger partial charge on any atom is 0.240 e. The zero-order chi connectivity index (χ0) is 19.2. The summed E-state index contributed by atoms with van der Waals surface area (Å²) in [6, 6.07) is 14.2. The van der Waals surface area contributed by atoms with Crippen molar-refractivity contribution in [1.29, 1.82) is 0 Å². The SMILES string of the molecule is COC(CNS(=O)(=O)c1ccc(OCC(C)C)cc1)c1ccccc1C. The summed E-state index contributed by atoms with van der Waals surface area (Å²) in [6.45, 7) is 6.85. The van der Waals surface area contributed by atoms with Crippen molar-refractivity contribution in [1.82, 2.24) is 4.72 Å². The summed E-state index contributed by atoms with van der Waals surface area (Å²) in [5.41, 5.74) is 2.03. The fourth-order valence-electron chi connectivity index (χ4n) is 2.51. The standard InChI is InChI=1S/C20H27NO4S/c1-15(2)14-25-17-9-11-18(12-10-17)26(22,23)21-13-20(24-4)19-8-6-5-7-16(19)3/h5-12,15,20-21H,13-14H2,1-4H3. The Bertz CT molecular complexity index is 801. The highest BCUT2D eigenvalue weighted by molar-refractivity contribution is 7.89. The number of sulfonamides is 1. The molecule has 0 radical (unpaired) electrons. The lowest BCUT2D eigenvalue weighted by atomic mass is 10.0. The fourth-order valence-corrected chi connectivity index (χ4v) is 3.55. The molecule has 5 nitrogen and oxygen atoms in total. The van der Waals surface area contributed by atoms with Crippen LogP contribution in [-0.2, 0) is 14.8 Å². The van der Waals surface area contributed by atoms with E-state index in [0.717, 1.165) is 11.1 Å². The summed E-state index contributed by atoms with van der Waals surface area (Å²) >= 11 is 0. The van der Waals surface area contributed by atoms with E-state index in [1.807, 2.05) is 31.2 Å². The van der Waals surface area contributed by atoms with Crippen molar-refractivity contribution in [2.75, 3.05) is 20.3 Å². The van der Waals surface area contributed by atoms with Crippen LogP contribution in [0.1, 0.15) is 31.1 Å². The van der Waals surface area contributed by atoms with Gasteiger partial charge in [0, 0.05) is 13.7 Å². The molecular formula is C20H27NO4S. The van der Waals surface area contributed by atoms with Gasteiger partial charge < -0.3 is 9.47 Å². The normalized spacial score (nSPS) is 13.0. The highest BCUT2D eigenvalue weighted by Gasteiger charge is 2.19. The third kappa shape index (κ3) is 5.56. The molecule has 0 fully saturated rings. The van der Waals surface area contributed by atoms with E-state index >= 15 is 0 Å². The minimum atomic E-state index is -3.62. The van der Waals surface area contributed by atoms with Crippen molar-refractivity contribution in [2.45, 2.75) is 31.8 Å². The number of ether oxygens (including phenoxy) is 2. The summed E-state index contributed by atoms with van der Waals surface area (Å²) in [4.78, 5) is 0.203. The molecule has 1 unspecified atom stereocenters. The molecule has 0 saturated carbocycles. The van der Waals surface area contributed by atoms with Gasteiger partial charge >= 0.3 is 0 Å². The molecule has 1 N–H and O–H groups in total. The maximum absolute atomic E-state index is 12.5. The number of methoxy groups -OCH3 is 1. The lowest BCUT2D eigenvalue weighted by Crippen LogP contribution is -2.29. The van der Waals surface area contributed by atoms with Gasteiger partial charge in [-0.05, 0) is 48.2 Å². The number of hydrogen-bond donors (Lipinski definition) is 1. The van der Waals surface area contributed by atoms with E-state index in [-0.39, 0.29) is 17.5 Å². The molecule has 0 aromatic heterocycles. The van der Waals surface area contributed by atoms with Crippen LogP contribution in [0, 0.1) is 12.8 Å². The molecule has 0 aliphatic carbocycles. The summed E-state index contributed by atoms with van der Waals surface area (Å²) < 4.78 is 38.8. The van der Waals surface area contributed by atoms with Gasteiger partial charge in [0.2, 0.25) is 10.0 Å². The van der Waals surface area contributed by atoms with Crippen LogP contribution in [0.2, 0.25) is 0 Å². The van der Waals surface area contributed by atoms with Crippen LogP contribution in [0.15, 0.2) is 53.4 Å². The molecule has 0 amide bonds. The van der Waals surface area contributed by atoms with Crippen LogP contribution < -0.4 is 9.46 Å². The first-order valence-corrected chi connectivity index (χ1v) is 10.1. The molecule has 2 aromatic carbocycles. The lowest BCUT2D eigenvalue weighted by Gasteiger charge is -2.18.